The van der Waals surface area contributed by atoms with Crippen LogP contribution in [0.2, 0.25) is 5.02 Å². The number of rotatable bonds is 7. The standard InChI is InChI=1S/C18H18ClN5O3S/c19-14-9-7-12(8-10-14)3-1-6-16-22-18(21)24(23-16)28(26,27)15-5-2-4-13(11-15)17(20)25/h2,4-5,7-11H,1,3,6H2,(H2,20,25)(H2,21,22,23). The molecule has 0 atom stereocenters. The van der Waals surface area contributed by atoms with Crippen LogP contribution in [0.3, 0.4) is 0 Å². The van der Waals surface area contributed by atoms with E-state index in [9.17, 15) is 13.2 Å². The molecule has 0 radical (unpaired) electrons. The summed E-state index contributed by atoms with van der Waals surface area (Å²) in [5, 5.41) is 4.70. The SMILES string of the molecule is NC(=O)c1cccc(S(=O)(=O)n2nc(CCCc3ccc(Cl)cc3)nc2N)c1. The zero-order valence-electron chi connectivity index (χ0n) is 14.7. The number of benzene rings is 2. The smallest absolute Gasteiger partial charge is 0.286 e. The number of anilines is 1. The van der Waals surface area contributed by atoms with Crippen LogP contribution in [0, 0.1) is 0 Å². The van der Waals surface area contributed by atoms with Gasteiger partial charge < -0.3 is 11.5 Å². The summed E-state index contributed by atoms with van der Waals surface area (Å²) in [6.07, 6.45) is 1.93. The van der Waals surface area contributed by atoms with Crippen LogP contribution in [-0.4, -0.2) is 28.5 Å². The van der Waals surface area contributed by atoms with E-state index in [2.05, 4.69) is 10.1 Å². The average Bonchev–Trinajstić information content (AvgIpc) is 3.05. The van der Waals surface area contributed by atoms with E-state index in [4.69, 9.17) is 23.1 Å². The fourth-order valence-electron chi connectivity index (χ4n) is 2.65. The van der Waals surface area contributed by atoms with Crippen molar-refractivity contribution < 1.29 is 13.2 Å². The van der Waals surface area contributed by atoms with E-state index >= 15 is 0 Å². The van der Waals surface area contributed by atoms with Crippen LogP contribution >= 0.6 is 11.6 Å². The van der Waals surface area contributed by atoms with E-state index in [0.717, 1.165) is 12.0 Å². The molecular weight excluding hydrogens is 402 g/mol. The zero-order chi connectivity index (χ0) is 20.3. The van der Waals surface area contributed by atoms with Crippen molar-refractivity contribution in [3.63, 3.8) is 0 Å². The van der Waals surface area contributed by atoms with Crippen LogP contribution < -0.4 is 11.5 Å². The Morgan fingerprint density at radius 2 is 1.82 bits per heavy atom. The lowest BCUT2D eigenvalue weighted by molar-refractivity contribution is 0.1000. The fraction of sp³-hybridized carbons (Fsp3) is 0.167. The van der Waals surface area contributed by atoms with Gasteiger partial charge in [0.2, 0.25) is 11.9 Å². The first-order chi connectivity index (χ1) is 13.3. The van der Waals surface area contributed by atoms with Gasteiger partial charge in [0, 0.05) is 17.0 Å². The van der Waals surface area contributed by atoms with Crippen molar-refractivity contribution in [2.45, 2.75) is 24.2 Å². The van der Waals surface area contributed by atoms with Crippen molar-refractivity contribution in [1.29, 1.82) is 0 Å². The number of hydrogen-bond donors (Lipinski definition) is 2. The first-order valence-electron chi connectivity index (χ1n) is 8.38. The molecule has 0 aliphatic carbocycles. The first kappa shape index (κ1) is 19.8. The number of nitrogens with two attached hydrogens (primary N) is 2. The summed E-state index contributed by atoms with van der Waals surface area (Å²) in [6.45, 7) is 0. The lowest BCUT2D eigenvalue weighted by atomic mass is 10.1. The van der Waals surface area contributed by atoms with Crippen molar-refractivity contribution in [3.05, 3.63) is 70.5 Å². The molecule has 0 unspecified atom stereocenters. The molecule has 0 saturated heterocycles. The molecule has 0 saturated carbocycles. The van der Waals surface area contributed by atoms with Crippen LogP contribution in [0.15, 0.2) is 53.4 Å². The minimum atomic E-state index is -4.09. The fourth-order valence-corrected chi connectivity index (χ4v) is 3.99. The topological polar surface area (TPSA) is 134 Å². The molecular formula is C18H18ClN5O3S. The molecule has 10 heteroatoms. The number of primary amides is 1. The molecule has 2 aromatic carbocycles. The predicted octanol–water partition coefficient (Wildman–Crippen LogP) is 2.02. The Balaban J connectivity index is 1.76. The second-order valence-electron chi connectivity index (χ2n) is 6.11. The zero-order valence-corrected chi connectivity index (χ0v) is 16.3. The number of nitrogen functional groups attached to an aromatic ring is 1. The Morgan fingerprint density at radius 1 is 1.11 bits per heavy atom. The Morgan fingerprint density at radius 3 is 2.50 bits per heavy atom. The van der Waals surface area contributed by atoms with Gasteiger partial charge in [-0.2, -0.15) is 13.4 Å². The van der Waals surface area contributed by atoms with Gasteiger partial charge in [0.15, 0.2) is 5.82 Å². The maximum atomic E-state index is 12.8. The molecule has 0 bridgehead atoms. The van der Waals surface area contributed by atoms with E-state index in [1.165, 1.54) is 24.3 Å². The highest BCUT2D eigenvalue weighted by molar-refractivity contribution is 7.90. The number of amides is 1. The monoisotopic (exact) mass is 419 g/mol. The average molecular weight is 420 g/mol. The van der Waals surface area contributed by atoms with Crippen LogP contribution in [0.4, 0.5) is 5.95 Å². The van der Waals surface area contributed by atoms with Crippen LogP contribution in [-0.2, 0) is 22.9 Å². The number of halogens is 1. The number of aromatic nitrogens is 3. The highest BCUT2D eigenvalue weighted by Crippen LogP contribution is 2.18. The molecule has 0 aliphatic rings. The second-order valence-corrected chi connectivity index (χ2v) is 8.31. The summed E-state index contributed by atoms with van der Waals surface area (Å²) in [7, 11) is -4.09. The number of nitrogens with zero attached hydrogens (tertiary/aromatic N) is 3. The molecule has 3 aromatic rings. The largest absolute Gasteiger partial charge is 0.367 e. The molecule has 0 aliphatic heterocycles. The van der Waals surface area contributed by atoms with Gasteiger partial charge in [-0.05, 0) is 48.7 Å². The third-order valence-electron chi connectivity index (χ3n) is 4.07. The molecule has 1 aromatic heterocycles. The lowest BCUT2D eigenvalue weighted by Gasteiger charge is -2.06. The summed E-state index contributed by atoms with van der Waals surface area (Å²) < 4.78 is 26.2. The highest BCUT2D eigenvalue weighted by Gasteiger charge is 2.23. The lowest BCUT2D eigenvalue weighted by Crippen LogP contribution is -2.18. The predicted molar refractivity (Wildman–Crippen MR) is 105 cm³/mol. The van der Waals surface area contributed by atoms with Gasteiger partial charge in [0.05, 0.1) is 4.90 Å². The molecule has 4 N–H and O–H groups in total. The van der Waals surface area contributed by atoms with E-state index < -0.39 is 15.9 Å². The highest BCUT2D eigenvalue weighted by atomic mass is 35.5. The molecule has 146 valence electrons. The maximum Gasteiger partial charge on any atom is 0.286 e. The van der Waals surface area contributed by atoms with Gasteiger partial charge in [-0.1, -0.05) is 29.8 Å². The first-order valence-corrected chi connectivity index (χ1v) is 10.2. The third-order valence-corrected chi connectivity index (χ3v) is 5.89. The minimum Gasteiger partial charge on any atom is -0.367 e. The summed E-state index contributed by atoms with van der Waals surface area (Å²) in [5.74, 6) is -0.654. The number of carbonyl (C=O) groups excluding carboxylic acids is 1. The van der Waals surface area contributed by atoms with Gasteiger partial charge in [-0.25, -0.2) is 0 Å². The van der Waals surface area contributed by atoms with E-state index in [1.807, 2.05) is 24.3 Å². The number of carbonyl (C=O) groups is 1. The Labute approximate surface area is 167 Å². The van der Waals surface area contributed by atoms with E-state index in [0.29, 0.717) is 27.8 Å². The van der Waals surface area contributed by atoms with Crippen molar-refractivity contribution in [1.82, 2.24) is 14.2 Å². The minimum absolute atomic E-state index is 0.0722. The summed E-state index contributed by atoms with van der Waals surface area (Å²) in [4.78, 5) is 15.2. The van der Waals surface area contributed by atoms with Crippen LogP contribution in [0.25, 0.3) is 0 Å². The van der Waals surface area contributed by atoms with Gasteiger partial charge >= 0.3 is 0 Å². The summed E-state index contributed by atoms with van der Waals surface area (Å²) in [5.41, 5.74) is 12.2. The Hall–Kier alpha value is -2.91. The molecule has 0 fully saturated rings. The number of hydrogen-bond acceptors (Lipinski definition) is 6. The quantitative estimate of drug-likeness (QED) is 0.601. The van der Waals surface area contributed by atoms with Crippen molar-refractivity contribution in [2.24, 2.45) is 5.73 Å². The molecule has 0 spiro atoms. The van der Waals surface area contributed by atoms with E-state index in [1.54, 1.807) is 0 Å². The molecule has 3 rings (SSSR count). The maximum absolute atomic E-state index is 12.8. The van der Waals surface area contributed by atoms with Crippen molar-refractivity contribution in [3.8, 4) is 0 Å². The molecule has 1 amide bonds. The van der Waals surface area contributed by atoms with Crippen molar-refractivity contribution in [2.75, 3.05) is 5.73 Å². The van der Waals surface area contributed by atoms with E-state index in [-0.39, 0.29) is 16.4 Å². The summed E-state index contributed by atoms with van der Waals surface area (Å²) >= 11 is 5.86. The van der Waals surface area contributed by atoms with Crippen molar-refractivity contribution >= 4 is 33.5 Å². The second kappa shape index (κ2) is 7.99. The number of aryl methyl sites for hydroxylation is 2. The molecule has 8 nitrogen and oxygen atoms in total. The van der Waals surface area contributed by atoms with Gasteiger partial charge in [-0.3, -0.25) is 4.79 Å². The Kier molecular flexibility index (Phi) is 5.66. The molecule has 1 heterocycles. The molecule has 28 heavy (non-hydrogen) atoms. The van der Waals surface area contributed by atoms with Gasteiger partial charge in [0.1, 0.15) is 0 Å². The van der Waals surface area contributed by atoms with Gasteiger partial charge in [-0.15, -0.1) is 9.19 Å². The van der Waals surface area contributed by atoms with Crippen LogP contribution in [0.5, 0.6) is 0 Å². The Bertz CT molecular complexity index is 1110. The normalized spacial score (nSPS) is 11.5. The van der Waals surface area contributed by atoms with Crippen LogP contribution in [0.1, 0.15) is 28.2 Å². The summed E-state index contributed by atoms with van der Waals surface area (Å²) in [6, 6.07) is 12.9. The third kappa shape index (κ3) is 4.32. The van der Waals surface area contributed by atoms with Gasteiger partial charge in [0.25, 0.3) is 10.0 Å².